The van der Waals surface area contributed by atoms with Crippen LogP contribution in [0, 0.1) is 5.82 Å². The molecule has 0 radical (unpaired) electrons. The molecule has 1 saturated heterocycles. The molecule has 0 bridgehead atoms. The van der Waals surface area contributed by atoms with Gasteiger partial charge in [0.1, 0.15) is 5.82 Å². The fourth-order valence-electron chi connectivity index (χ4n) is 2.44. The number of nitrogens with one attached hydrogen (secondary N) is 1. The van der Waals surface area contributed by atoms with Crippen LogP contribution in [0.5, 0.6) is 0 Å². The minimum Gasteiger partial charge on any atom is -0.379 e. The van der Waals surface area contributed by atoms with Crippen LogP contribution in [0.3, 0.4) is 0 Å². The van der Waals surface area contributed by atoms with Gasteiger partial charge in [0.05, 0.1) is 13.2 Å². The molecule has 0 atom stereocenters. The minimum absolute atomic E-state index is 0.0944. The van der Waals surface area contributed by atoms with E-state index < -0.39 is 0 Å². The molecule has 0 aromatic heterocycles. The van der Waals surface area contributed by atoms with Gasteiger partial charge in [0, 0.05) is 31.7 Å². The molecule has 1 aromatic carbocycles. The van der Waals surface area contributed by atoms with Crippen LogP contribution in [0.4, 0.5) is 4.39 Å². The van der Waals surface area contributed by atoms with Gasteiger partial charge in [0.2, 0.25) is 0 Å². The quantitative estimate of drug-likeness (QED) is 0.882. The molecule has 106 valence electrons. The Labute approximate surface area is 114 Å². The van der Waals surface area contributed by atoms with E-state index in [9.17, 15) is 4.39 Å². The molecule has 0 aliphatic carbocycles. The summed E-state index contributed by atoms with van der Waals surface area (Å²) in [6, 6.07) is 6.74. The molecule has 1 heterocycles. The van der Waals surface area contributed by atoms with Gasteiger partial charge >= 0.3 is 0 Å². The first-order valence-corrected chi connectivity index (χ1v) is 6.86. The highest BCUT2D eigenvalue weighted by Gasteiger charge is 2.27. The number of nitrogens with zero attached hydrogens (tertiary/aromatic N) is 1. The second-order valence-electron chi connectivity index (χ2n) is 5.65. The molecule has 0 amide bonds. The maximum absolute atomic E-state index is 13.1. The van der Waals surface area contributed by atoms with Crippen LogP contribution < -0.4 is 5.32 Å². The van der Waals surface area contributed by atoms with Crippen molar-refractivity contribution in [3.63, 3.8) is 0 Å². The number of morpholine rings is 1. The van der Waals surface area contributed by atoms with E-state index in [1.165, 1.54) is 6.07 Å². The lowest BCUT2D eigenvalue weighted by atomic mass is 10.0. The molecule has 2 rings (SSSR count). The normalized spacial score (nSPS) is 17.6. The Morgan fingerprint density at radius 1 is 1.32 bits per heavy atom. The number of halogens is 1. The van der Waals surface area contributed by atoms with Crippen molar-refractivity contribution in [2.24, 2.45) is 0 Å². The molecule has 3 nitrogen and oxygen atoms in total. The van der Waals surface area contributed by atoms with E-state index in [1.807, 2.05) is 6.07 Å². The van der Waals surface area contributed by atoms with E-state index in [0.717, 1.165) is 38.4 Å². The third-order valence-corrected chi connectivity index (χ3v) is 3.64. The van der Waals surface area contributed by atoms with Gasteiger partial charge in [-0.05, 0) is 31.5 Å². The third-order valence-electron chi connectivity index (χ3n) is 3.64. The van der Waals surface area contributed by atoms with Gasteiger partial charge in [-0.2, -0.15) is 0 Å². The Hall–Kier alpha value is -0.970. The highest BCUT2D eigenvalue weighted by atomic mass is 19.1. The molecule has 1 N–H and O–H groups in total. The average Bonchev–Trinajstić information content (AvgIpc) is 2.40. The summed E-state index contributed by atoms with van der Waals surface area (Å²) in [6.07, 6.45) is 0. The van der Waals surface area contributed by atoms with E-state index in [1.54, 1.807) is 12.1 Å². The predicted molar refractivity (Wildman–Crippen MR) is 74.6 cm³/mol. The van der Waals surface area contributed by atoms with Crippen LogP contribution >= 0.6 is 0 Å². The SMILES string of the molecule is CC(C)(CNCc1cccc(F)c1)N1CCOCC1. The summed E-state index contributed by atoms with van der Waals surface area (Å²) >= 11 is 0. The largest absolute Gasteiger partial charge is 0.379 e. The Bertz CT molecular complexity index is 403. The summed E-state index contributed by atoms with van der Waals surface area (Å²) in [5.74, 6) is -0.174. The molecular weight excluding hydrogens is 243 g/mol. The summed E-state index contributed by atoms with van der Waals surface area (Å²) in [5.41, 5.74) is 1.08. The number of rotatable bonds is 5. The van der Waals surface area contributed by atoms with Crippen LogP contribution in [0.1, 0.15) is 19.4 Å². The first-order chi connectivity index (χ1) is 9.08. The van der Waals surface area contributed by atoms with E-state index in [-0.39, 0.29) is 11.4 Å². The lowest BCUT2D eigenvalue weighted by Gasteiger charge is -2.41. The van der Waals surface area contributed by atoms with E-state index >= 15 is 0 Å². The van der Waals surface area contributed by atoms with Gasteiger partial charge in [-0.1, -0.05) is 12.1 Å². The Morgan fingerprint density at radius 2 is 2.05 bits per heavy atom. The monoisotopic (exact) mass is 266 g/mol. The van der Waals surface area contributed by atoms with Crippen LogP contribution in [-0.4, -0.2) is 43.3 Å². The summed E-state index contributed by atoms with van der Waals surface area (Å²) in [5, 5.41) is 3.42. The lowest BCUT2D eigenvalue weighted by Crippen LogP contribution is -2.54. The maximum Gasteiger partial charge on any atom is 0.123 e. The highest BCUT2D eigenvalue weighted by Crippen LogP contribution is 2.15. The third kappa shape index (κ3) is 4.27. The van der Waals surface area contributed by atoms with E-state index in [4.69, 9.17) is 4.74 Å². The first kappa shape index (κ1) is 14.4. The number of hydrogen-bond acceptors (Lipinski definition) is 3. The van der Waals surface area contributed by atoms with E-state index in [2.05, 4.69) is 24.1 Å². The van der Waals surface area contributed by atoms with Crippen LogP contribution in [0.2, 0.25) is 0 Å². The zero-order valence-corrected chi connectivity index (χ0v) is 11.8. The van der Waals surface area contributed by atoms with Crippen molar-refractivity contribution >= 4 is 0 Å². The molecule has 0 unspecified atom stereocenters. The predicted octanol–water partition coefficient (Wildman–Crippen LogP) is 2.03. The molecule has 1 aliphatic rings. The second kappa shape index (κ2) is 6.46. The summed E-state index contributed by atoms with van der Waals surface area (Å²) in [7, 11) is 0. The van der Waals surface area contributed by atoms with Crippen molar-refractivity contribution in [3.8, 4) is 0 Å². The molecule has 0 saturated carbocycles. The van der Waals surface area contributed by atoms with Gasteiger partial charge in [-0.3, -0.25) is 4.90 Å². The number of ether oxygens (including phenoxy) is 1. The molecule has 1 aromatic rings. The molecule has 19 heavy (non-hydrogen) atoms. The first-order valence-electron chi connectivity index (χ1n) is 6.86. The highest BCUT2D eigenvalue weighted by molar-refractivity contribution is 5.16. The topological polar surface area (TPSA) is 24.5 Å². The summed E-state index contributed by atoms with van der Waals surface area (Å²) < 4.78 is 18.4. The average molecular weight is 266 g/mol. The Morgan fingerprint density at radius 3 is 2.74 bits per heavy atom. The number of benzene rings is 1. The van der Waals surface area contributed by atoms with Crippen molar-refractivity contribution in [2.45, 2.75) is 25.9 Å². The van der Waals surface area contributed by atoms with Crippen LogP contribution in [0.25, 0.3) is 0 Å². The molecule has 1 aliphatic heterocycles. The van der Waals surface area contributed by atoms with Gasteiger partial charge in [-0.15, -0.1) is 0 Å². The zero-order chi connectivity index (χ0) is 13.7. The summed E-state index contributed by atoms with van der Waals surface area (Å²) in [6.45, 7) is 9.63. The van der Waals surface area contributed by atoms with Crippen molar-refractivity contribution in [3.05, 3.63) is 35.6 Å². The maximum atomic E-state index is 13.1. The second-order valence-corrected chi connectivity index (χ2v) is 5.65. The molecule has 4 heteroatoms. The van der Waals surface area contributed by atoms with Crippen molar-refractivity contribution in [2.75, 3.05) is 32.8 Å². The zero-order valence-electron chi connectivity index (χ0n) is 11.8. The van der Waals surface area contributed by atoms with Gasteiger partial charge in [0.15, 0.2) is 0 Å². The smallest absolute Gasteiger partial charge is 0.123 e. The van der Waals surface area contributed by atoms with Gasteiger partial charge in [-0.25, -0.2) is 4.39 Å². The van der Waals surface area contributed by atoms with Crippen LogP contribution in [0.15, 0.2) is 24.3 Å². The molecule has 0 spiro atoms. The minimum atomic E-state index is -0.174. The van der Waals surface area contributed by atoms with Gasteiger partial charge in [0.25, 0.3) is 0 Å². The van der Waals surface area contributed by atoms with E-state index in [0.29, 0.717) is 6.54 Å². The summed E-state index contributed by atoms with van der Waals surface area (Å²) in [4.78, 5) is 2.44. The van der Waals surface area contributed by atoms with Crippen molar-refractivity contribution in [1.82, 2.24) is 10.2 Å². The fourth-order valence-corrected chi connectivity index (χ4v) is 2.44. The van der Waals surface area contributed by atoms with Crippen LogP contribution in [-0.2, 0) is 11.3 Å². The van der Waals surface area contributed by atoms with Crippen molar-refractivity contribution < 1.29 is 9.13 Å². The lowest BCUT2D eigenvalue weighted by molar-refractivity contribution is -0.00967. The standard InChI is InChI=1S/C15H23FN2O/c1-15(2,18-6-8-19-9-7-18)12-17-11-13-4-3-5-14(16)10-13/h3-5,10,17H,6-9,11-12H2,1-2H3. The molecule has 1 fully saturated rings. The molecular formula is C15H23FN2O. The Kier molecular flexibility index (Phi) is 4.91. The van der Waals surface area contributed by atoms with Gasteiger partial charge < -0.3 is 10.1 Å². The fraction of sp³-hybridized carbons (Fsp3) is 0.600. The number of hydrogen-bond donors (Lipinski definition) is 1. The van der Waals surface area contributed by atoms with Crippen molar-refractivity contribution in [1.29, 1.82) is 0 Å². The Balaban J connectivity index is 1.80.